The number of para-hydroxylation sites is 1. The highest BCUT2D eigenvalue weighted by Crippen LogP contribution is 2.38. The molecule has 1 atom stereocenters. The highest BCUT2D eigenvalue weighted by molar-refractivity contribution is 7.09. The van der Waals surface area contributed by atoms with Crippen molar-refractivity contribution < 1.29 is 9.59 Å². The molecule has 1 aliphatic rings. The van der Waals surface area contributed by atoms with E-state index in [2.05, 4.69) is 19.2 Å². The van der Waals surface area contributed by atoms with E-state index in [1.165, 1.54) is 0 Å². The SMILES string of the molecule is CNC(=O)CN1c2ccccc2C(=O)N(C)C1c1csc(C(C)C)n1. The lowest BCUT2D eigenvalue weighted by Crippen LogP contribution is -2.50. The maximum atomic E-state index is 12.8. The number of rotatable bonds is 4. The second kappa shape index (κ2) is 6.84. The van der Waals surface area contributed by atoms with E-state index in [0.29, 0.717) is 11.5 Å². The van der Waals surface area contributed by atoms with Crippen molar-refractivity contribution in [2.45, 2.75) is 25.9 Å². The molecule has 3 rings (SSSR count). The largest absolute Gasteiger partial charge is 0.358 e. The molecule has 0 bridgehead atoms. The van der Waals surface area contributed by atoms with Crippen molar-refractivity contribution in [1.82, 2.24) is 15.2 Å². The number of thiazole rings is 1. The number of amides is 2. The van der Waals surface area contributed by atoms with Crippen LogP contribution < -0.4 is 10.2 Å². The van der Waals surface area contributed by atoms with Gasteiger partial charge in [-0.25, -0.2) is 4.98 Å². The molecular formula is C18H22N4O2S. The van der Waals surface area contributed by atoms with Crippen LogP contribution in [0.25, 0.3) is 0 Å². The highest BCUT2D eigenvalue weighted by atomic mass is 32.1. The first-order valence-corrected chi connectivity index (χ1v) is 9.10. The quantitative estimate of drug-likeness (QED) is 0.912. The molecule has 0 spiro atoms. The summed E-state index contributed by atoms with van der Waals surface area (Å²) >= 11 is 1.59. The van der Waals surface area contributed by atoms with E-state index in [1.807, 2.05) is 28.5 Å². The van der Waals surface area contributed by atoms with Crippen LogP contribution in [-0.2, 0) is 4.79 Å². The predicted octanol–water partition coefficient (Wildman–Crippen LogP) is 2.60. The second-order valence-electron chi connectivity index (χ2n) is 6.37. The van der Waals surface area contributed by atoms with Crippen LogP contribution in [0.15, 0.2) is 29.6 Å². The van der Waals surface area contributed by atoms with Crippen molar-refractivity contribution in [3.63, 3.8) is 0 Å². The fourth-order valence-corrected chi connectivity index (χ4v) is 3.84. The smallest absolute Gasteiger partial charge is 0.257 e. The normalized spacial score (nSPS) is 17.0. The van der Waals surface area contributed by atoms with Crippen LogP contribution in [0.4, 0.5) is 5.69 Å². The van der Waals surface area contributed by atoms with Crippen LogP contribution in [0.3, 0.4) is 0 Å². The molecule has 7 heteroatoms. The van der Waals surface area contributed by atoms with Crippen molar-refractivity contribution in [3.05, 3.63) is 45.9 Å². The molecule has 1 aromatic heterocycles. The first-order valence-electron chi connectivity index (χ1n) is 8.22. The Morgan fingerprint density at radius 3 is 2.72 bits per heavy atom. The summed E-state index contributed by atoms with van der Waals surface area (Å²) in [6, 6.07) is 7.39. The number of benzene rings is 1. The Labute approximate surface area is 151 Å². The van der Waals surface area contributed by atoms with Gasteiger partial charge in [0.25, 0.3) is 5.91 Å². The third-order valence-electron chi connectivity index (χ3n) is 4.32. The van der Waals surface area contributed by atoms with E-state index in [1.54, 1.807) is 36.4 Å². The average Bonchev–Trinajstić information content (AvgIpc) is 3.09. The van der Waals surface area contributed by atoms with Crippen molar-refractivity contribution >= 4 is 28.8 Å². The van der Waals surface area contributed by atoms with E-state index in [0.717, 1.165) is 16.4 Å². The Kier molecular flexibility index (Phi) is 4.76. The molecule has 1 unspecified atom stereocenters. The molecule has 2 aromatic rings. The fraction of sp³-hybridized carbons (Fsp3) is 0.389. The van der Waals surface area contributed by atoms with Crippen LogP contribution in [0, 0.1) is 0 Å². The number of hydrogen-bond donors (Lipinski definition) is 1. The molecule has 0 aliphatic carbocycles. The molecule has 0 radical (unpaired) electrons. The van der Waals surface area contributed by atoms with Gasteiger partial charge in [-0.1, -0.05) is 26.0 Å². The van der Waals surface area contributed by atoms with Gasteiger partial charge in [0.2, 0.25) is 5.91 Å². The van der Waals surface area contributed by atoms with Gasteiger partial charge in [-0.3, -0.25) is 9.59 Å². The van der Waals surface area contributed by atoms with Crippen LogP contribution in [0.5, 0.6) is 0 Å². The van der Waals surface area contributed by atoms with Crippen LogP contribution >= 0.6 is 11.3 Å². The topological polar surface area (TPSA) is 65.5 Å². The first kappa shape index (κ1) is 17.4. The van der Waals surface area contributed by atoms with Gasteiger partial charge in [-0.15, -0.1) is 11.3 Å². The molecular weight excluding hydrogens is 336 g/mol. The molecule has 6 nitrogen and oxygen atoms in total. The second-order valence-corrected chi connectivity index (χ2v) is 7.26. The molecule has 0 saturated heterocycles. The van der Waals surface area contributed by atoms with Gasteiger partial charge in [-0.2, -0.15) is 0 Å². The summed E-state index contributed by atoms with van der Waals surface area (Å²) in [5, 5.41) is 5.67. The van der Waals surface area contributed by atoms with Gasteiger partial charge < -0.3 is 15.1 Å². The zero-order chi connectivity index (χ0) is 18.1. The molecule has 1 aliphatic heterocycles. The summed E-state index contributed by atoms with van der Waals surface area (Å²) in [7, 11) is 3.37. The van der Waals surface area contributed by atoms with Crippen molar-refractivity contribution in [1.29, 1.82) is 0 Å². The van der Waals surface area contributed by atoms with Gasteiger partial charge in [0.15, 0.2) is 0 Å². The van der Waals surface area contributed by atoms with Crippen LogP contribution in [-0.4, -0.2) is 42.3 Å². The monoisotopic (exact) mass is 358 g/mol. The summed E-state index contributed by atoms with van der Waals surface area (Å²) < 4.78 is 0. The van der Waals surface area contributed by atoms with Crippen LogP contribution in [0.2, 0.25) is 0 Å². The van der Waals surface area contributed by atoms with E-state index in [4.69, 9.17) is 4.98 Å². The summed E-state index contributed by atoms with van der Waals surface area (Å²) in [5.41, 5.74) is 2.16. The summed E-state index contributed by atoms with van der Waals surface area (Å²) in [6.07, 6.45) is -0.400. The summed E-state index contributed by atoms with van der Waals surface area (Å²) in [5.74, 6) is 0.151. The van der Waals surface area contributed by atoms with Gasteiger partial charge in [0.05, 0.1) is 28.5 Å². The molecule has 132 valence electrons. The molecule has 0 fully saturated rings. The number of carbonyl (C=O) groups is 2. The van der Waals surface area contributed by atoms with E-state index >= 15 is 0 Å². The summed E-state index contributed by atoms with van der Waals surface area (Å²) in [4.78, 5) is 33.2. The number of nitrogens with zero attached hydrogens (tertiary/aromatic N) is 3. The maximum Gasteiger partial charge on any atom is 0.257 e. The Bertz CT molecular complexity index is 802. The number of likely N-dealkylation sites (N-methyl/N-ethyl adjacent to an activating group) is 1. The molecule has 1 aromatic carbocycles. The Morgan fingerprint density at radius 1 is 1.36 bits per heavy atom. The van der Waals surface area contributed by atoms with E-state index in [9.17, 15) is 9.59 Å². The third kappa shape index (κ3) is 3.11. The van der Waals surface area contributed by atoms with Gasteiger partial charge in [0.1, 0.15) is 6.17 Å². The van der Waals surface area contributed by atoms with Crippen molar-refractivity contribution in [2.75, 3.05) is 25.5 Å². The Balaban J connectivity index is 2.09. The lowest BCUT2D eigenvalue weighted by molar-refractivity contribution is -0.119. The lowest BCUT2D eigenvalue weighted by Gasteiger charge is -2.42. The number of anilines is 1. The fourth-order valence-electron chi connectivity index (χ4n) is 2.99. The number of hydrogen-bond acceptors (Lipinski definition) is 5. The van der Waals surface area contributed by atoms with E-state index in [-0.39, 0.29) is 18.4 Å². The van der Waals surface area contributed by atoms with Gasteiger partial charge in [-0.05, 0) is 12.1 Å². The standard InChI is InChI=1S/C18H22N4O2S/c1-11(2)16-20-13(10-25-16)17-21(4)18(24)12-7-5-6-8-14(12)22(17)9-15(23)19-3/h5-8,10-11,17H,9H2,1-4H3,(H,19,23). The molecule has 2 amide bonds. The molecule has 1 N–H and O–H groups in total. The number of fused-ring (bicyclic) bond motifs is 1. The molecule has 25 heavy (non-hydrogen) atoms. The number of aromatic nitrogens is 1. The minimum absolute atomic E-state index is 0.0622. The maximum absolute atomic E-state index is 12.8. The first-order chi connectivity index (χ1) is 11.9. The Hall–Kier alpha value is -2.41. The van der Waals surface area contributed by atoms with Crippen LogP contribution in [0.1, 0.15) is 47.0 Å². The van der Waals surface area contributed by atoms with E-state index < -0.39 is 6.17 Å². The van der Waals surface area contributed by atoms with Gasteiger partial charge >= 0.3 is 0 Å². The third-order valence-corrected chi connectivity index (χ3v) is 5.48. The molecule has 0 saturated carbocycles. The lowest BCUT2D eigenvalue weighted by atomic mass is 10.0. The predicted molar refractivity (Wildman–Crippen MR) is 98.9 cm³/mol. The number of nitrogens with one attached hydrogen (secondary N) is 1. The van der Waals surface area contributed by atoms with Crippen molar-refractivity contribution in [3.8, 4) is 0 Å². The molecule has 2 heterocycles. The van der Waals surface area contributed by atoms with Gasteiger partial charge in [0, 0.05) is 25.4 Å². The zero-order valence-corrected chi connectivity index (χ0v) is 15.6. The average molecular weight is 358 g/mol. The minimum atomic E-state index is -0.400. The van der Waals surface area contributed by atoms with Crippen molar-refractivity contribution in [2.24, 2.45) is 0 Å². The minimum Gasteiger partial charge on any atom is -0.358 e. The summed E-state index contributed by atoms with van der Waals surface area (Å²) in [6.45, 7) is 4.34. The highest BCUT2D eigenvalue weighted by Gasteiger charge is 2.38. The Morgan fingerprint density at radius 2 is 2.08 bits per heavy atom. The number of carbonyl (C=O) groups excluding carboxylic acids is 2. The zero-order valence-electron chi connectivity index (χ0n) is 14.8.